The van der Waals surface area contributed by atoms with Gasteiger partial charge in [-0.1, -0.05) is 30.3 Å². The van der Waals surface area contributed by atoms with Crippen LogP contribution in [0, 0.1) is 5.41 Å². The maximum absolute atomic E-state index is 10.4. The Balaban J connectivity index is 2.28. The normalized spacial score (nSPS) is 23.1. The van der Waals surface area contributed by atoms with E-state index in [2.05, 4.69) is 5.10 Å². The Morgan fingerprint density at radius 2 is 2.17 bits per heavy atom. The predicted octanol–water partition coefficient (Wildman–Crippen LogP) is 1.78. The molecule has 0 aromatic heterocycles. The van der Waals surface area contributed by atoms with Gasteiger partial charge in [-0.3, -0.25) is 5.41 Å². The van der Waals surface area contributed by atoms with Crippen LogP contribution in [0.1, 0.15) is 25.8 Å². The molecule has 2 rings (SSSR count). The van der Waals surface area contributed by atoms with Gasteiger partial charge in [0.15, 0.2) is 5.84 Å². The number of nitrogens with one attached hydrogen (secondary N) is 1. The molecule has 0 saturated heterocycles. The molecule has 5 heteroatoms. The van der Waals surface area contributed by atoms with Crippen LogP contribution in [0.2, 0.25) is 0 Å². The Kier molecular flexibility index (Phi) is 3.45. The third-order valence-electron chi connectivity index (χ3n) is 2.72. The highest BCUT2D eigenvalue weighted by Gasteiger charge is 2.43. The van der Waals surface area contributed by atoms with Crippen molar-refractivity contribution in [3.05, 3.63) is 35.9 Å². The molecular weight excluding hydrogens is 230 g/mol. The summed E-state index contributed by atoms with van der Waals surface area (Å²) in [4.78, 5) is 0. The van der Waals surface area contributed by atoms with Crippen LogP contribution in [0.15, 0.2) is 35.4 Å². The summed E-state index contributed by atoms with van der Waals surface area (Å²) in [5.74, 6) is -1.41. The van der Waals surface area contributed by atoms with Gasteiger partial charge in [0.25, 0.3) is 5.91 Å². The molecule has 0 radical (unpaired) electrons. The molecule has 0 bridgehead atoms. The van der Waals surface area contributed by atoms with Crippen molar-refractivity contribution >= 4 is 11.5 Å². The topological polar surface area (TPSA) is 68.9 Å². The molecule has 96 valence electrons. The molecule has 1 aromatic carbocycles. The molecular formula is C13H17N3O2. The summed E-state index contributed by atoms with van der Waals surface area (Å²) < 4.78 is 5.34. The Bertz CT molecular complexity index is 472. The maximum atomic E-state index is 10.4. The lowest BCUT2D eigenvalue weighted by Gasteiger charge is -2.31. The third kappa shape index (κ3) is 2.27. The fourth-order valence-corrected chi connectivity index (χ4v) is 1.98. The van der Waals surface area contributed by atoms with Crippen LogP contribution in [0.5, 0.6) is 0 Å². The fraction of sp³-hybridized carbons (Fsp3) is 0.385. The molecule has 1 aliphatic rings. The Labute approximate surface area is 106 Å². The van der Waals surface area contributed by atoms with Crippen molar-refractivity contribution in [3.8, 4) is 0 Å². The molecule has 2 N–H and O–H groups in total. The van der Waals surface area contributed by atoms with Gasteiger partial charge < -0.3 is 9.84 Å². The van der Waals surface area contributed by atoms with E-state index in [1.54, 1.807) is 19.1 Å². The van der Waals surface area contributed by atoms with E-state index in [1.807, 2.05) is 25.1 Å². The van der Waals surface area contributed by atoms with Gasteiger partial charge >= 0.3 is 0 Å². The molecule has 1 aliphatic heterocycles. The molecule has 0 spiro atoms. The highest BCUT2D eigenvalue weighted by atomic mass is 16.7. The van der Waals surface area contributed by atoms with E-state index in [9.17, 15) is 5.11 Å². The lowest BCUT2D eigenvalue weighted by Crippen LogP contribution is -2.48. The Hall–Kier alpha value is -1.72. The van der Waals surface area contributed by atoms with Gasteiger partial charge in [0.1, 0.15) is 0 Å². The van der Waals surface area contributed by atoms with E-state index >= 15 is 0 Å². The van der Waals surface area contributed by atoms with E-state index in [-0.39, 0.29) is 12.3 Å². The van der Waals surface area contributed by atoms with Crippen molar-refractivity contribution in [3.63, 3.8) is 0 Å². The minimum absolute atomic E-state index is 0.128. The van der Waals surface area contributed by atoms with Crippen LogP contribution in [0.25, 0.3) is 0 Å². The number of hydrogen-bond acceptors (Lipinski definition) is 4. The number of rotatable bonds is 3. The molecule has 0 amide bonds. The van der Waals surface area contributed by atoms with Crippen molar-refractivity contribution in [2.24, 2.45) is 5.10 Å². The molecule has 1 aromatic rings. The average molecular weight is 247 g/mol. The number of hydrogen-bond donors (Lipinski definition) is 2. The smallest absolute Gasteiger partial charge is 0.275 e. The van der Waals surface area contributed by atoms with Crippen LogP contribution < -0.4 is 0 Å². The second-order valence-electron chi connectivity index (χ2n) is 4.21. The lowest BCUT2D eigenvalue weighted by molar-refractivity contribution is -0.257. The highest BCUT2D eigenvalue weighted by molar-refractivity contribution is 5.99. The van der Waals surface area contributed by atoms with Gasteiger partial charge in [0, 0.05) is 17.9 Å². The van der Waals surface area contributed by atoms with Crippen LogP contribution >= 0.6 is 0 Å². The quantitative estimate of drug-likeness (QED) is 0.486. The number of aliphatic hydroxyl groups is 1. The van der Waals surface area contributed by atoms with Crippen LogP contribution in [0.4, 0.5) is 0 Å². The average Bonchev–Trinajstić information content (AvgIpc) is 2.65. The summed E-state index contributed by atoms with van der Waals surface area (Å²) in [6, 6.07) is 9.17. The van der Waals surface area contributed by atoms with E-state index in [4.69, 9.17) is 10.1 Å². The molecule has 0 aliphatic carbocycles. The first-order chi connectivity index (χ1) is 8.57. The molecule has 5 nitrogen and oxygen atoms in total. The Morgan fingerprint density at radius 3 is 2.78 bits per heavy atom. The van der Waals surface area contributed by atoms with Crippen molar-refractivity contribution in [1.29, 1.82) is 5.41 Å². The van der Waals surface area contributed by atoms with Gasteiger partial charge in [-0.2, -0.15) is 10.1 Å². The summed E-state index contributed by atoms with van der Waals surface area (Å²) in [6.07, 6.45) is 0.288. The summed E-state index contributed by atoms with van der Waals surface area (Å²) in [6.45, 7) is 3.97. The summed E-state index contributed by atoms with van der Waals surface area (Å²) >= 11 is 0. The highest BCUT2D eigenvalue weighted by Crippen LogP contribution is 2.28. The monoisotopic (exact) mass is 247 g/mol. The first kappa shape index (κ1) is 12.7. The SMILES string of the molecule is CCO[C@@]1(O)CC(C)=NN1C(=N)c1ccccc1. The largest absolute Gasteiger partial charge is 0.347 e. The first-order valence-electron chi connectivity index (χ1n) is 5.91. The second-order valence-corrected chi connectivity index (χ2v) is 4.21. The molecule has 1 heterocycles. The zero-order valence-corrected chi connectivity index (χ0v) is 10.6. The van der Waals surface area contributed by atoms with Crippen LogP contribution in [-0.2, 0) is 4.74 Å². The van der Waals surface area contributed by atoms with E-state index in [0.717, 1.165) is 5.71 Å². The minimum atomic E-state index is -1.54. The number of amidine groups is 1. The van der Waals surface area contributed by atoms with Gasteiger partial charge in [-0.15, -0.1) is 0 Å². The van der Waals surface area contributed by atoms with E-state index < -0.39 is 5.91 Å². The zero-order chi connectivity index (χ0) is 13.2. The number of nitrogens with zero attached hydrogens (tertiary/aromatic N) is 2. The van der Waals surface area contributed by atoms with Gasteiger partial charge in [0.2, 0.25) is 0 Å². The third-order valence-corrected chi connectivity index (χ3v) is 2.72. The predicted molar refractivity (Wildman–Crippen MR) is 69.4 cm³/mol. The molecule has 0 unspecified atom stereocenters. The van der Waals surface area contributed by atoms with Crippen molar-refractivity contribution in [1.82, 2.24) is 5.01 Å². The van der Waals surface area contributed by atoms with Crippen molar-refractivity contribution in [2.45, 2.75) is 26.2 Å². The number of hydrazone groups is 1. The van der Waals surface area contributed by atoms with Crippen molar-refractivity contribution < 1.29 is 9.84 Å². The fourth-order valence-electron chi connectivity index (χ4n) is 1.98. The summed E-state index contributed by atoms with van der Waals surface area (Å²) in [5.41, 5.74) is 1.43. The molecule has 18 heavy (non-hydrogen) atoms. The second kappa shape index (κ2) is 4.88. The molecule has 0 fully saturated rings. The van der Waals surface area contributed by atoms with Crippen LogP contribution in [0.3, 0.4) is 0 Å². The van der Waals surface area contributed by atoms with Gasteiger partial charge in [0.05, 0.1) is 6.42 Å². The minimum Gasteiger partial charge on any atom is -0.347 e. The lowest BCUT2D eigenvalue weighted by atomic mass is 10.2. The molecule has 1 atom stereocenters. The summed E-state index contributed by atoms with van der Waals surface area (Å²) in [7, 11) is 0. The van der Waals surface area contributed by atoms with Crippen molar-refractivity contribution in [2.75, 3.05) is 6.61 Å². The molecule has 0 saturated carbocycles. The number of benzene rings is 1. The zero-order valence-electron chi connectivity index (χ0n) is 10.6. The summed E-state index contributed by atoms with van der Waals surface area (Å²) in [5, 5.41) is 24.0. The number of ether oxygens (including phenoxy) is 1. The van der Waals surface area contributed by atoms with E-state index in [1.165, 1.54) is 5.01 Å². The maximum Gasteiger partial charge on any atom is 0.275 e. The standard InChI is InChI=1S/C13H17N3O2/c1-3-18-13(17)9-10(2)15-16(13)12(14)11-7-5-4-6-8-11/h4-8,14,17H,3,9H2,1-2H3/t13-/m0/s1. The van der Waals surface area contributed by atoms with Gasteiger partial charge in [-0.05, 0) is 13.8 Å². The van der Waals surface area contributed by atoms with Gasteiger partial charge in [-0.25, -0.2) is 0 Å². The first-order valence-corrected chi connectivity index (χ1v) is 5.91. The van der Waals surface area contributed by atoms with E-state index in [0.29, 0.717) is 12.2 Å². The van der Waals surface area contributed by atoms with Crippen LogP contribution in [-0.4, -0.2) is 34.2 Å². The Morgan fingerprint density at radius 1 is 1.50 bits per heavy atom.